The monoisotopic (exact) mass is 561 g/mol. The first-order valence-corrected chi connectivity index (χ1v) is 12.0. The molecule has 0 saturated carbocycles. The maximum atomic E-state index is 13.1. The molecular weight excluding hydrogens is 530 g/mol. The number of phenols is 1. The van der Waals surface area contributed by atoms with Gasteiger partial charge in [-0.25, -0.2) is 9.78 Å². The fourth-order valence-corrected chi connectivity index (χ4v) is 3.53. The number of benzene rings is 1. The number of nitrogens with zero attached hydrogens (tertiary/aromatic N) is 1. The molecule has 0 spiro atoms. The number of nitrogens with one attached hydrogen (secondary N) is 4. The predicted octanol–water partition coefficient (Wildman–Crippen LogP) is -2.49. The SMILES string of the molecule is NC(=O)CCC(N)C(=O)NC(Cc1cnc[nH]1)C(=O)NC(CC(=O)O)C(=O)NC(Cc1ccc(O)cc1)C(=O)O. The second-order valence-corrected chi connectivity index (χ2v) is 8.88. The molecule has 16 heteroatoms. The molecule has 4 amide bonds. The number of carbonyl (C=O) groups is 6. The quantitative estimate of drug-likeness (QED) is 0.103. The summed E-state index contributed by atoms with van der Waals surface area (Å²) < 4.78 is 0. The number of imidazole rings is 1. The van der Waals surface area contributed by atoms with Crippen LogP contribution in [-0.2, 0) is 41.6 Å². The van der Waals surface area contributed by atoms with Crippen LogP contribution in [0.4, 0.5) is 0 Å². The number of H-pyrrole nitrogens is 1. The molecule has 0 radical (unpaired) electrons. The molecular formula is C24H31N7O9. The van der Waals surface area contributed by atoms with E-state index in [1.54, 1.807) is 0 Å². The summed E-state index contributed by atoms with van der Waals surface area (Å²) in [6.07, 6.45) is 1.18. The molecule has 0 aliphatic rings. The van der Waals surface area contributed by atoms with Crippen molar-refractivity contribution in [1.29, 1.82) is 0 Å². The Morgan fingerprint density at radius 2 is 1.48 bits per heavy atom. The number of aliphatic carboxylic acids is 2. The molecule has 0 aliphatic carbocycles. The summed E-state index contributed by atoms with van der Waals surface area (Å²) in [5.74, 6) is -6.47. The van der Waals surface area contributed by atoms with E-state index in [-0.39, 0.29) is 31.4 Å². The van der Waals surface area contributed by atoms with E-state index in [1.165, 1.54) is 36.8 Å². The zero-order valence-electron chi connectivity index (χ0n) is 21.2. The van der Waals surface area contributed by atoms with Crippen LogP contribution < -0.4 is 27.4 Å². The number of carboxylic acid groups (broad SMARTS) is 2. The summed E-state index contributed by atoms with van der Waals surface area (Å²) in [6.45, 7) is 0. The number of hydrogen-bond donors (Lipinski definition) is 9. The Bertz CT molecular complexity index is 1200. The van der Waals surface area contributed by atoms with Crippen molar-refractivity contribution in [3.8, 4) is 5.75 Å². The molecule has 4 atom stereocenters. The minimum Gasteiger partial charge on any atom is -0.508 e. The lowest BCUT2D eigenvalue weighted by molar-refractivity contribution is -0.143. The molecule has 2 rings (SSSR count). The number of nitrogens with two attached hydrogens (primary N) is 2. The number of aromatic amines is 1. The number of amides is 4. The number of phenolic OH excluding ortho intramolecular Hbond substituents is 1. The first-order valence-electron chi connectivity index (χ1n) is 12.0. The van der Waals surface area contributed by atoms with Gasteiger partial charge in [-0.15, -0.1) is 0 Å². The summed E-state index contributed by atoms with van der Waals surface area (Å²) >= 11 is 0. The van der Waals surface area contributed by atoms with Gasteiger partial charge in [-0.05, 0) is 24.1 Å². The van der Waals surface area contributed by atoms with Crippen LogP contribution in [0.5, 0.6) is 5.75 Å². The van der Waals surface area contributed by atoms with Gasteiger partial charge in [0.15, 0.2) is 0 Å². The van der Waals surface area contributed by atoms with Gasteiger partial charge in [0.25, 0.3) is 0 Å². The highest BCUT2D eigenvalue weighted by Crippen LogP contribution is 2.12. The molecule has 216 valence electrons. The van der Waals surface area contributed by atoms with Crippen molar-refractivity contribution in [2.75, 3.05) is 0 Å². The maximum Gasteiger partial charge on any atom is 0.326 e. The third kappa shape index (κ3) is 10.4. The first-order chi connectivity index (χ1) is 18.8. The predicted molar refractivity (Wildman–Crippen MR) is 136 cm³/mol. The fourth-order valence-electron chi connectivity index (χ4n) is 3.53. The average molecular weight is 562 g/mol. The van der Waals surface area contributed by atoms with E-state index in [0.29, 0.717) is 11.3 Å². The standard InChI is InChI=1S/C24H31N7O9/c25-15(5-6-19(26)33)21(36)29-16(8-13-10-27-11-28-13)22(37)30-17(9-20(34)35)23(38)31-18(24(39)40)7-12-1-3-14(32)4-2-12/h1-4,10-11,15-18,32H,5-9,25H2,(H2,26,33)(H,27,28)(H,29,36)(H,30,37)(H,31,38)(H,34,35)(H,39,40). The number of hydrogen-bond acceptors (Lipinski definition) is 9. The summed E-state index contributed by atoms with van der Waals surface area (Å²) in [5, 5.41) is 35.2. The van der Waals surface area contributed by atoms with Crippen molar-refractivity contribution < 1.29 is 44.1 Å². The number of aromatic nitrogens is 2. The normalized spacial score (nSPS) is 13.7. The number of carbonyl (C=O) groups excluding carboxylic acids is 4. The highest BCUT2D eigenvalue weighted by atomic mass is 16.4. The van der Waals surface area contributed by atoms with Crippen LogP contribution >= 0.6 is 0 Å². The van der Waals surface area contributed by atoms with Crippen LogP contribution in [0, 0.1) is 0 Å². The van der Waals surface area contributed by atoms with E-state index in [9.17, 15) is 44.1 Å². The molecule has 0 fully saturated rings. The topological polar surface area (TPSA) is 280 Å². The van der Waals surface area contributed by atoms with Gasteiger partial charge < -0.3 is 47.7 Å². The molecule has 0 saturated heterocycles. The Morgan fingerprint density at radius 3 is 2.02 bits per heavy atom. The fraction of sp³-hybridized carbons (Fsp3) is 0.375. The zero-order valence-corrected chi connectivity index (χ0v) is 21.2. The van der Waals surface area contributed by atoms with Crippen LogP contribution in [-0.4, -0.2) is 85.0 Å². The molecule has 0 bridgehead atoms. The molecule has 0 aliphatic heterocycles. The highest BCUT2D eigenvalue weighted by Gasteiger charge is 2.32. The lowest BCUT2D eigenvalue weighted by Crippen LogP contribution is -2.58. The Hall–Kier alpha value is -4.99. The average Bonchev–Trinajstić information content (AvgIpc) is 3.40. The van der Waals surface area contributed by atoms with Crippen LogP contribution in [0.25, 0.3) is 0 Å². The largest absolute Gasteiger partial charge is 0.508 e. The molecule has 16 nitrogen and oxygen atoms in total. The third-order valence-corrected chi connectivity index (χ3v) is 5.65. The Balaban J connectivity index is 2.18. The van der Waals surface area contributed by atoms with Gasteiger partial charge in [0, 0.05) is 31.2 Å². The van der Waals surface area contributed by atoms with E-state index in [2.05, 4.69) is 25.9 Å². The number of aromatic hydroxyl groups is 1. The Labute approximate surface area is 227 Å². The lowest BCUT2D eigenvalue weighted by Gasteiger charge is -2.24. The maximum absolute atomic E-state index is 13.1. The molecule has 4 unspecified atom stereocenters. The summed E-state index contributed by atoms with van der Waals surface area (Å²) in [7, 11) is 0. The van der Waals surface area contributed by atoms with E-state index >= 15 is 0 Å². The molecule has 1 aromatic carbocycles. The van der Waals surface area contributed by atoms with Crippen LogP contribution in [0.2, 0.25) is 0 Å². The van der Waals surface area contributed by atoms with Crippen LogP contribution in [0.1, 0.15) is 30.5 Å². The molecule has 40 heavy (non-hydrogen) atoms. The van der Waals surface area contributed by atoms with Crippen molar-refractivity contribution in [3.63, 3.8) is 0 Å². The van der Waals surface area contributed by atoms with Gasteiger partial charge in [0.1, 0.15) is 23.9 Å². The molecule has 2 aromatic rings. The summed E-state index contributed by atoms with van der Waals surface area (Å²) in [5.41, 5.74) is 11.7. The van der Waals surface area contributed by atoms with Crippen molar-refractivity contribution in [2.45, 2.75) is 56.3 Å². The third-order valence-electron chi connectivity index (χ3n) is 5.65. The van der Waals surface area contributed by atoms with Crippen molar-refractivity contribution >= 4 is 35.6 Å². The van der Waals surface area contributed by atoms with Gasteiger partial charge in [-0.3, -0.25) is 24.0 Å². The number of primary amides is 1. The van der Waals surface area contributed by atoms with Gasteiger partial charge in [0.2, 0.25) is 23.6 Å². The van der Waals surface area contributed by atoms with E-state index < -0.39 is 66.2 Å². The molecule has 1 aromatic heterocycles. The molecule has 1 heterocycles. The molecule has 11 N–H and O–H groups in total. The van der Waals surface area contributed by atoms with Gasteiger partial charge >= 0.3 is 11.9 Å². The second kappa shape index (κ2) is 14.8. The number of rotatable bonds is 16. The minimum atomic E-state index is -1.71. The Kier molecular flexibility index (Phi) is 11.6. The summed E-state index contributed by atoms with van der Waals surface area (Å²) in [4.78, 5) is 79.4. The lowest BCUT2D eigenvalue weighted by atomic mass is 10.0. The van der Waals surface area contributed by atoms with Gasteiger partial charge in [0.05, 0.1) is 18.8 Å². The van der Waals surface area contributed by atoms with Gasteiger partial charge in [-0.1, -0.05) is 12.1 Å². The number of carboxylic acids is 2. The van der Waals surface area contributed by atoms with Crippen molar-refractivity contribution in [1.82, 2.24) is 25.9 Å². The van der Waals surface area contributed by atoms with E-state index in [4.69, 9.17) is 11.5 Å². The second-order valence-electron chi connectivity index (χ2n) is 8.88. The van der Waals surface area contributed by atoms with Crippen molar-refractivity contribution in [2.24, 2.45) is 11.5 Å². The van der Waals surface area contributed by atoms with Crippen LogP contribution in [0.3, 0.4) is 0 Å². The smallest absolute Gasteiger partial charge is 0.326 e. The van der Waals surface area contributed by atoms with E-state index in [0.717, 1.165) is 0 Å². The highest BCUT2D eigenvalue weighted by molar-refractivity contribution is 5.95. The van der Waals surface area contributed by atoms with E-state index in [1.807, 2.05) is 0 Å². The van der Waals surface area contributed by atoms with Gasteiger partial charge in [-0.2, -0.15) is 0 Å². The minimum absolute atomic E-state index is 0.0468. The Morgan fingerprint density at radius 1 is 0.875 bits per heavy atom. The zero-order chi connectivity index (χ0) is 29.8. The summed E-state index contributed by atoms with van der Waals surface area (Å²) in [6, 6.07) is -0.196. The van der Waals surface area contributed by atoms with Crippen LogP contribution in [0.15, 0.2) is 36.8 Å². The first kappa shape index (κ1) is 31.2. The van der Waals surface area contributed by atoms with Crippen molar-refractivity contribution in [3.05, 3.63) is 48.0 Å².